The lowest BCUT2D eigenvalue weighted by atomic mass is 9.84. The van der Waals surface area contributed by atoms with Crippen LogP contribution in [0.1, 0.15) is 55.4 Å². The van der Waals surface area contributed by atoms with Crippen LogP contribution in [0.15, 0.2) is 158 Å². The molecule has 0 fully saturated rings. The van der Waals surface area contributed by atoms with Crippen molar-refractivity contribution >= 4 is 43.1 Å². The smallest absolute Gasteiger partial charge is 0.00201 e. The topological polar surface area (TPSA) is 0 Å². The van der Waals surface area contributed by atoms with Crippen molar-refractivity contribution in [2.24, 2.45) is 0 Å². The molecule has 242 valence electrons. The maximum absolute atomic E-state index is 2.29. The third-order valence-electron chi connectivity index (χ3n) is 8.25. The molecule has 0 saturated heterocycles. The molecular formula is C48H50. The van der Waals surface area contributed by atoms with Crippen molar-refractivity contribution in [1.82, 2.24) is 0 Å². The van der Waals surface area contributed by atoms with Crippen LogP contribution in [0, 0.1) is 0 Å². The largest absolute Gasteiger partial charge is 0.0683 e. The van der Waals surface area contributed by atoms with Crippen LogP contribution in [0.4, 0.5) is 0 Å². The Balaban J connectivity index is 0.000000608. The molecule has 0 amide bonds. The highest BCUT2D eigenvalue weighted by atomic mass is 14.2. The highest BCUT2D eigenvalue weighted by molar-refractivity contribution is 6.23. The maximum Gasteiger partial charge on any atom is -0.00201 e. The molecule has 0 N–H and O–H groups in total. The summed E-state index contributed by atoms with van der Waals surface area (Å²) in [5, 5.41) is 10.2. The molecular weight excluding hydrogens is 577 g/mol. The number of hydrogen-bond donors (Lipinski definition) is 0. The van der Waals surface area contributed by atoms with Gasteiger partial charge in [-0.2, -0.15) is 0 Å². The van der Waals surface area contributed by atoms with E-state index in [9.17, 15) is 0 Å². The summed E-state index contributed by atoms with van der Waals surface area (Å²) in [7, 11) is 0. The van der Waals surface area contributed by atoms with E-state index in [2.05, 4.69) is 158 Å². The first kappa shape index (κ1) is 35.7. The van der Waals surface area contributed by atoms with Gasteiger partial charge in [-0.15, -0.1) is 0 Å². The third-order valence-corrected chi connectivity index (χ3v) is 8.25. The first-order valence-electron chi connectivity index (χ1n) is 17.9. The van der Waals surface area contributed by atoms with Crippen molar-refractivity contribution in [2.75, 3.05) is 0 Å². The molecule has 8 rings (SSSR count). The Kier molecular flexibility index (Phi) is 13.1. The SMILES string of the molecule is CC.CC.CC.CC.c1ccc2cc(-c3ccc(-c4c5ccccc5c(-c5cccc6ccccc56)c5ccccc45)cc3)ccc2c1. The van der Waals surface area contributed by atoms with E-state index in [4.69, 9.17) is 0 Å². The Morgan fingerprint density at radius 1 is 0.250 bits per heavy atom. The summed E-state index contributed by atoms with van der Waals surface area (Å²) >= 11 is 0. The molecule has 0 heterocycles. The quantitative estimate of drug-likeness (QED) is 0.171. The third kappa shape index (κ3) is 7.04. The molecule has 48 heavy (non-hydrogen) atoms. The van der Waals surface area contributed by atoms with E-state index < -0.39 is 0 Å². The van der Waals surface area contributed by atoms with Gasteiger partial charge in [0.05, 0.1) is 0 Å². The van der Waals surface area contributed by atoms with E-state index in [1.54, 1.807) is 0 Å². The fourth-order valence-electron chi connectivity index (χ4n) is 6.37. The Bertz CT molecular complexity index is 2140. The van der Waals surface area contributed by atoms with E-state index in [0.29, 0.717) is 0 Å². The minimum atomic E-state index is 1.23. The molecule has 0 aromatic heterocycles. The standard InChI is InChI=1S/C40H26.4C2H6/c1-2-12-31-26-32(25-22-27(31)10-1)28-20-23-30(24-21-28)39-35-15-5-7-17-37(35)40(38-18-8-6-16-36(38)39)34-19-9-13-29-11-3-4-14-33(29)34;4*1-2/h1-26H;4*1-2H3. The second-order valence-corrected chi connectivity index (χ2v) is 10.5. The van der Waals surface area contributed by atoms with Crippen molar-refractivity contribution in [3.63, 3.8) is 0 Å². The van der Waals surface area contributed by atoms with Gasteiger partial charge < -0.3 is 0 Å². The van der Waals surface area contributed by atoms with Gasteiger partial charge in [0.15, 0.2) is 0 Å². The Hall–Kier alpha value is -5.20. The maximum atomic E-state index is 2.29. The Morgan fingerprint density at radius 3 is 1.21 bits per heavy atom. The molecule has 0 bridgehead atoms. The first-order valence-corrected chi connectivity index (χ1v) is 17.9. The highest BCUT2D eigenvalue weighted by Crippen LogP contribution is 2.45. The lowest BCUT2D eigenvalue weighted by Gasteiger charge is -2.19. The molecule has 0 nitrogen and oxygen atoms in total. The fourth-order valence-corrected chi connectivity index (χ4v) is 6.37. The van der Waals surface area contributed by atoms with Gasteiger partial charge >= 0.3 is 0 Å². The average molecular weight is 627 g/mol. The Morgan fingerprint density at radius 2 is 0.646 bits per heavy atom. The minimum Gasteiger partial charge on any atom is -0.0683 e. The monoisotopic (exact) mass is 626 g/mol. The normalized spacial score (nSPS) is 10.1. The average Bonchev–Trinajstić information content (AvgIpc) is 3.20. The van der Waals surface area contributed by atoms with Gasteiger partial charge in [0, 0.05) is 0 Å². The van der Waals surface area contributed by atoms with Crippen molar-refractivity contribution in [1.29, 1.82) is 0 Å². The van der Waals surface area contributed by atoms with E-state index in [-0.39, 0.29) is 0 Å². The van der Waals surface area contributed by atoms with E-state index in [0.717, 1.165) is 0 Å². The summed E-state index contributed by atoms with van der Waals surface area (Å²) in [5.41, 5.74) is 7.59. The van der Waals surface area contributed by atoms with Gasteiger partial charge in [0.25, 0.3) is 0 Å². The lowest BCUT2D eigenvalue weighted by molar-refractivity contribution is 1.50. The zero-order valence-corrected chi connectivity index (χ0v) is 30.0. The van der Waals surface area contributed by atoms with E-state index >= 15 is 0 Å². The molecule has 0 aliphatic rings. The summed E-state index contributed by atoms with van der Waals surface area (Å²) in [6, 6.07) is 57.5. The number of hydrogen-bond acceptors (Lipinski definition) is 0. The molecule has 0 atom stereocenters. The zero-order valence-electron chi connectivity index (χ0n) is 30.0. The first-order chi connectivity index (χ1) is 23.8. The molecule has 0 heteroatoms. The number of benzene rings is 8. The van der Waals surface area contributed by atoms with Crippen molar-refractivity contribution in [3.8, 4) is 33.4 Å². The zero-order chi connectivity index (χ0) is 34.5. The van der Waals surface area contributed by atoms with Crippen LogP contribution in [-0.2, 0) is 0 Å². The number of rotatable bonds is 3. The van der Waals surface area contributed by atoms with Crippen LogP contribution in [-0.4, -0.2) is 0 Å². The van der Waals surface area contributed by atoms with Crippen molar-refractivity contribution in [2.45, 2.75) is 55.4 Å². The minimum absolute atomic E-state index is 1.23. The van der Waals surface area contributed by atoms with Gasteiger partial charge in [0.2, 0.25) is 0 Å². The van der Waals surface area contributed by atoms with Crippen LogP contribution >= 0.6 is 0 Å². The van der Waals surface area contributed by atoms with E-state index in [1.807, 2.05) is 55.4 Å². The van der Waals surface area contributed by atoms with Crippen LogP contribution in [0.2, 0.25) is 0 Å². The molecule has 0 radical (unpaired) electrons. The summed E-state index contributed by atoms with van der Waals surface area (Å²) < 4.78 is 0. The summed E-state index contributed by atoms with van der Waals surface area (Å²) in [6.07, 6.45) is 0. The molecule has 0 aliphatic heterocycles. The van der Waals surface area contributed by atoms with Crippen LogP contribution in [0.3, 0.4) is 0 Å². The van der Waals surface area contributed by atoms with Crippen molar-refractivity contribution < 1.29 is 0 Å². The predicted molar refractivity (Wildman–Crippen MR) is 218 cm³/mol. The molecule has 0 aliphatic carbocycles. The lowest BCUT2D eigenvalue weighted by Crippen LogP contribution is -1.91. The highest BCUT2D eigenvalue weighted by Gasteiger charge is 2.17. The van der Waals surface area contributed by atoms with Crippen LogP contribution in [0.25, 0.3) is 76.5 Å². The van der Waals surface area contributed by atoms with Gasteiger partial charge in [0.1, 0.15) is 0 Å². The summed E-state index contributed by atoms with van der Waals surface area (Å²) in [4.78, 5) is 0. The molecule has 8 aromatic carbocycles. The molecule has 0 spiro atoms. The molecule has 8 aromatic rings. The van der Waals surface area contributed by atoms with E-state index in [1.165, 1.54) is 76.5 Å². The van der Waals surface area contributed by atoms with Gasteiger partial charge in [-0.1, -0.05) is 207 Å². The van der Waals surface area contributed by atoms with Crippen LogP contribution in [0.5, 0.6) is 0 Å². The van der Waals surface area contributed by atoms with Crippen molar-refractivity contribution in [3.05, 3.63) is 158 Å². The summed E-state index contributed by atoms with van der Waals surface area (Å²) in [5.74, 6) is 0. The van der Waals surface area contributed by atoms with Gasteiger partial charge in [-0.3, -0.25) is 0 Å². The van der Waals surface area contributed by atoms with Crippen LogP contribution < -0.4 is 0 Å². The fraction of sp³-hybridized carbons (Fsp3) is 0.167. The number of fused-ring (bicyclic) bond motifs is 4. The second-order valence-electron chi connectivity index (χ2n) is 10.5. The summed E-state index contributed by atoms with van der Waals surface area (Å²) in [6.45, 7) is 16.0. The molecule has 0 saturated carbocycles. The van der Waals surface area contributed by atoms with Gasteiger partial charge in [-0.25, -0.2) is 0 Å². The second kappa shape index (κ2) is 17.6. The Labute approximate surface area is 288 Å². The predicted octanol–water partition coefficient (Wildman–Crippen LogP) is 15.4. The molecule has 0 unspecified atom stereocenters. The van der Waals surface area contributed by atoms with Gasteiger partial charge in [-0.05, 0) is 82.5 Å².